The van der Waals surface area contributed by atoms with E-state index in [0.29, 0.717) is 6.54 Å². The van der Waals surface area contributed by atoms with Gasteiger partial charge in [0, 0.05) is 6.54 Å². The van der Waals surface area contributed by atoms with Crippen LogP contribution in [0.3, 0.4) is 0 Å². The Balaban J connectivity index is 2.13. The van der Waals surface area contributed by atoms with Crippen LogP contribution in [0.4, 0.5) is 0 Å². The summed E-state index contributed by atoms with van der Waals surface area (Å²) < 4.78 is 5.39. The molecule has 0 radical (unpaired) electrons. The predicted molar refractivity (Wildman–Crippen MR) is 79.5 cm³/mol. The van der Waals surface area contributed by atoms with Crippen LogP contribution in [0.5, 0.6) is 0 Å². The molecule has 1 atom stereocenters. The summed E-state index contributed by atoms with van der Waals surface area (Å²) in [5.74, 6) is 0.924. The smallest absolute Gasteiger partial charge is 0.131 e. The van der Waals surface area contributed by atoms with Crippen LogP contribution in [-0.4, -0.2) is 24.3 Å². The largest absolute Gasteiger partial charge is 0.468 e. The van der Waals surface area contributed by atoms with Crippen LogP contribution in [0, 0.1) is 0 Å². The second-order valence-corrected chi connectivity index (χ2v) is 5.28. The highest BCUT2D eigenvalue weighted by atomic mass is 16.3. The molecule has 0 aliphatic rings. The Kier molecular flexibility index (Phi) is 4.74. The van der Waals surface area contributed by atoms with Gasteiger partial charge in [0.2, 0.25) is 0 Å². The molecule has 2 rings (SSSR count). The average molecular weight is 271 g/mol. The Morgan fingerprint density at radius 1 is 1.20 bits per heavy atom. The molecule has 0 fully saturated rings. The molecule has 20 heavy (non-hydrogen) atoms. The fraction of sp³-hybridized carbons (Fsp3) is 0.353. The predicted octanol–water partition coefficient (Wildman–Crippen LogP) is 3.26. The Labute approximate surface area is 120 Å². The lowest BCUT2D eigenvalue weighted by atomic mass is 9.83. The summed E-state index contributed by atoms with van der Waals surface area (Å²) >= 11 is 0. The van der Waals surface area contributed by atoms with Gasteiger partial charge in [-0.25, -0.2) is 0 Å². The first-order chi connectivity index (χ1) is 9.68. The molecule has 0 aliphatic carbocycles. The lowest BCUT2D eigenvalue weighted by molar-refractivity contribution is -0.112. The molecule has 0 bridgehead atoms. The standard InChI is InChI=1S/C17H21NO2/c1-3-18(12-16-10-7-11-20-16)13-17(2,14-19)15-8-5-4-6-9-15/h4-11,14H,3,12-13H2,1-2H3. The second-order valence-electron chi connectivity index (χ2n) is 5.28. The maximum Gasteiger partial charge on any atom is 0.131 e. The molecule has 2 aromatic rings. The molecule has 1 unspecified atom stereocenters. The minimum Gasteiger partial charge on any atom is -0.468 e. The van der Waals surface area contributed by atoms with E-state index < -0.39 is 5.41 Å². The SMILES string of the molecule is CCN(Cc1ccco1)CC(C)(C=O)c1ccccc1. The van der Waals surface area contributed by atoms with Crippen molar-refractivity contribution in [3.05, 3.63) is 60.1 Å². The minimum atomic E-state index is -0.496. The summed E-state index contributed by atoms with van der Waals surface area (Å²) in [5.41, 5.74) is 0.553. The molecule has 1 heterocycles. The Bertz CT molecular complexity index is 521. The minimum absolute atomic E-state index is 0.496. The topological polar surface area (TPSA) is 33.5 Å². The van der Waals surface area contributed by atoms with Gasteiger partial charge >= 0.3 is 0 Å². The Morgan fingerprint density at radius 2 is 1.95 bits per heavy atom. The van der Waals surface area contributed by atoms with Crippen LogP contribution in [0.1, 0.15) is 25.2 Å². The summed E-state index contributed by atoms with van der Waals surface area (Å²) in [7, 11) is 0. The second kappa shape index (κ2) is 6.53. The monoisotopic (exact) mass is 271 g/mol. The number of benzene rings is 1. The molecule has 0 spiro atoms. The van der Waals surface area contributed by atoms with Gasteiger partial charge in [-0.05, 0) is 31.2 Å². The highest BCUT2D eigenvalue weighted by Crippen LogP contribution is 2.23. The number of hydrogen-bond donors (Lipinski definition) is 0. The van der Waals surface area contributed by atoms with Crippen molar-refractivity contribution in [1.82, 2.24) is 4.90 Å². The van der Waals surface area contributed by atoms with Crippen LogP contribution in [0.25, 0.3) is 0 Å². The van der Waals surface area contributed by atoms with Crippen molar-refractivity contribution >= 4 is 6.29 Å². The van der Waals surface area contributed by atoms with Gasteiger partial charge in [-0.15, -0.1) is 0 Å². The highest BCUT2D eigenvalue weighted by molar-refractivity contribution is 5.68. The highest BCUT2D eigenvalue weighted by Gasteiger charge is 2.28. The van der Waals surface area contributed by atoms with E-state index >= 15 is 0 Å². The lowest BCUT2D eigenvalue weighted by Gasteiger charge is -2.30. The van der Waals surface area contributed by atoms with E-state index in [2.05, 4.69) is 11.8 Å². The van der Waals surface area contributed by atoms with E-state index in [1.54, 1.807) is 6.26 Å². The molecule has 3 heteroatoms. The van der Waals surface area contributed by atoms with Crippen LogP contribution in [-0.2, 0) is 16.8 Å². The summed E-state index contributed by atoms with van der Waals surface area (Å²) in [6, 6.07) is 13.8. The molecular weight excluding hydrogens is 250 g/mol. The van der Waals surface area contributed by atoms with Gasteiger partial charge in [0.1, 0.15) is 12.0 Å². The number of carbonyl (C=O) groups excluding carboxylic acids is 1. The zero-order valence-electron chi connectivity index (χ0n) is 12.1. The van der Waals surface area contributed by atoms with Gasteiger partial charge in [-0.1, -0.05) is 37.3 Å². The van der Waals surface area contributed by atoms with Crippen LogP contribution in [0.15, 0.2) is 53.1 Å². The molecule has 0 saturated carbocycles. The van der Waals surface area contributed by atoms with Crippen LogP contribution < -0.4 is 0 Å². The van der Waals surface area contributed by atoms with Crippen molar-refractivity contribution in [1.29, 1.82) is 0 Å². The van der Waals surface area contributed by atoms with Crippen molar-refractivity contribution in [2.45, 2.75) is 25.8 Å². The van der Waals surface area contributed by atoms with E-state index in [9.17, 15) is 4.79 Å². The van der Waals surface area contributed by atoms with Gasteiger partial charge in [-0.3, -0.25) is 4.90 Å². The molecule has 3 nitrogen and oxygen atoms in total. The van der Waals surface area contributed by atoms with Crippen molar-refractivity contribution < 1.29 is 9.21 Å². The molecule has 0 amide bonds. The Hall–Kier alpha value is -1.87. The van der Waals surface area contributed by atoms with E-state index in [0.717, 1.165) is 30.7 Å². The molecule has 106 valence electrons. The first-order valence-electron chi connectivity index (χ1n) is 6.94. The number of carbonyl (C=O) groups is 1. The van der Waals surface area contributed by atoms with Crippen molar-refractivity contribution in [3.8, 4) is 0 Å². The molecular formula is C17H21NO2. The van der Waals surface area contributed by atoms with E-state index in [1.165, 1.54) is 0 Å². The van der Waals surface area contributed by atoms with E-state index in [-0.39, 0.29) is 0 Å². The van der Waals surface area contributed by atoms with Crippen molar-refractivity contribution in [2.75, 3.05) is 13.1 Å². The number of likely N-dealkylation sites (N-methyl/N-ethyl adjacent to an activating group) is 1. The maximum absolute atomic E-state index is 11.6. The quantitative estimate of drug-likeness (QED) is 0.725. The third kappa shape index (κ3) is 3.36. The van der Waals surface area contributed by atoms with Crippen LogP contribution >= 0.6 is 0 Å². The average Bonchev–Trinajstić information content (AvgIpc) is 3.00. The Morgan fingerprint density at radius 3 is 2.50 bits per heavy atom. The van der Waals surface area contributed by atoms with Crippen molar-refractivity contribution in [2.24, 2.45) is 0 Å². The van der Waals surface area contributed by atoms with Gasteiger partial charge in [0.05, 0.1) is 18.2 Å². The molecule has 0 N–H and O–H groups in total. The van der Waals surface area contributed by atoms with Gasteiger partial charge in [0.25, 0.3) is 0 Å². The first kappa shape index (κ1) is 14.5. The summed E-state index contributed by atoms with van der Waals surface area (Å²) in [4.78, 5) is 13.9. The van der Waals surface area contributed by atoms with Gasteiger partial charge in [-0.2, -0.15) is 0 Å². The first-order valence-corrected chi connectivity index (χ1v) is 6.94. The molecule has 0 aliphatic heterocycles. The zero-order valence-corrected chi connectivity index (χ0v) is 12.1. The summed E-state index contributed by atoms with van der Waals surface area (Å²) in [5, 5.41) is 0. The summed E-state index contributed by atoms with van der Waals surface area (Å²) in [6.07, 6.45) is 2.73. The number of hydrogen-bond acceptors (Lipinski definition) is 3. The normalized spacial score (nSPS) is 14.2. The molecule has 1 aromatic heterocycles. The third-order valence-electron chi connectivity index (χ3n) is 3.65. The summed E-state index contributed by atoms with van der Waals surface area (Å²) in [6.45, 7) is 6.35. The van der Waals surface area contributed by atoms with E-state index in [1.807, 2.05) is 49.4 Å². The zero-order chi connectivity index (χ0) is 14.4. The molecule has 1 aromatic carbocycles. The van der Waals surface area contributed by atoms with Gasteiger partial charge < -0.3 is 9.21 Å². The molecule has 0 saturated heterocycles. The number of rotatable bonds is 7. The number of furan rings is 1. The van der Waals surface area contributed by atoms with Gasteiger partial charge in [0.15, 0.2) is 0 Å². The third-order valence-corrected chi connectivity index (χ3v) is 3.65. The number of nitrogens with zero attached hydrogens (tertiary/aromatic N) is 1. The fourth-order valence-electron chi connectivity index (χ4n) is 2.38. The lowest BCUT2D eigenvalue weighted by Crippen LogP contribution is -2.39. The van der Waals surface area contributed by atoms with Crippen molar-refractivity contribution in [3.63, 3.8) is 0 Å². The fourth-order valence-corrected chi connectivity index (χ4v) is 2.38. The number of aldehydes is 1. The van der Waals surface area contributed by atoms with Crippen LogP contribution in [0.2, 0.25) is 0 Å². The van der Waals surface area contributed by atoms with E-state index in [4.69, 9.17) is 4.42 Å². The maximum atomic E-state index is 11.6.